The van der Waals surface area contributed by atoms with Crippen molar-refractivity contribution in [3.63, 3.8) is 0 Å². The van der Waals surface area contributed by atoms with Crippen LogP contribution in [0.4, 0.5) is 0 Å². The van der Waals surface area contributed by atoms with Crippen LogP contribution in [0.5, 0.6) is 0 Å². The highest BCUT2D eigenvalue weighted by atomic mass is 28.3. The summed E-state index contributed by atoms with van der Waals surface area (Å²) in [4.78, 5) is 0. The molecule has 1 atom stereocenters. The molecule has 0 N–H and O–H groups in total. The van der Waals surface area contributed by atoms with Gasteiger partial charge in [-0.05, 0) is 30.6 Å². The van der Waals surface area contributed by atoms with E-state index in [9.17, 15) is 0 Å². The van der Waals surface area contributed by atoms with E-state index in [-0.39, 0.29) is 0 Å². The summed E-state index contributed by atoms with van der Waals surface area (Å²) in [5, 5.41) is 1.80. The van der Waals surface area contributed by atoms with E-state index in [0.29, 0.717) is 5.41 Å². The highest BCUT2D eigenvalue weighted by molar-refractivity contribution is 6.83. The van der Waals surface area contributed by atoms with Gasteiger partial charge in [0, 0.05) is 0 Å². The molecule has 1 heteroatoms. The first kappa shape index (κ1) is 12.0. The van der Waals surface area contributed by atoms with E-state index in [1.165, 1.54) is 19.3 Å². The van der Waals surface area contributed by atoms with Crippen molar-refractivity contribution in [1.82, 2.24) is 0 Å². The number of rotatable bonds is 1. The smallest absolute Gasteiger partial charge is 0.0720 e. The van der Waals surface area contributed by atoms with Crippen molar-refractivity contribution in [3.8, 4) is 0 Å². The van der Waals surface area contributed by atoms with Crippen LogP contribution >= 0.6 is 0 Å². The molecule has 1 aliphatic carbocycles. The van der Waals surface area contributed by atoms with Crippen molar-refractivity contribution in [2.45, 2.75) is 59.7 Å². The summed E-state index contributed by atoms with van der Waals surface area (Å²) in [5.74, 6) is 0.905. The molecule has 0 bridgehead atoms. The molecule has 1 rings (SSSR count). The van der Waals surface area contributed by atoms with Gasteiger partial charge in [-0.25, -0.2) is 0 Å². The summed E-state index contributed by atoms with van der Waals surface area (Å²) in [6.07, 6.45) is 6.67. The molecule has 0 aliphatic heterocycles. The third kappa shape index (κ3) is 2.98. The molecule has 0 radical (unpaired) electrons. The number of allylic oxidation sites excluding steroid dienone is 2. The van der Waals surface area contributed by atoms with Crippen molar-refractivity contribution in [2.75, 3.05) is 0 Å². The fourth-order valence-corrected chi connectivity index (χ4v) is 3.93. The monoisotopic (exact) mass is 210 g/mol. The lowest BCUT2D eigenvalue weighted by Gasteiger charge is -2.35. The molecule has 14 heavy (non-hydrogen) atoms. The van der Waals surface area contributed by atoms with Crippen molar-refractivity contribution >= 4 is 8.07 Å². The van der Waals surface area contributed by atoms with Crippen LogP contribution < -0.4 is 0 Å². The fraction of sp³-hybridized carbons (Fsp3) is 0.846. The second-order valence-corrected chi connectivity index (χ2v) is 12.0. The number of hydrogen-bond donors (Lipinski definition) is 0. The zero-order valence-electron chi connectivity index (χ0n) is 10.8. The Hall–Kier alpha value is -0.0431. The largest absolute Gasteiger partial charge is 0.0889 e. The molecule has 0 heterocycles. The van der Waals surface area contributed by atoms with E-state index in [1.807, 2.05) is 0 Å². The Balaban J connectivity index is 2.65. The minimum atomic E-state index is -0.984. The molecule has 0 fully saturated rings. The SMILES string of the molecule is CC(C)(C)[C@@H]1CC=C([Si](C)(C)C)CC1. The summed E-state index contributed by atoms with van der Waals surface area (Å²) < 4.78 is 0. The lowest BCUT2D eigenvalue weighted by molar-refractivity contribution is 0.222. The Kier molecular flexibility index (Phi) is 3.30. The lowest BCUT2D eigenvalue weighted by atomic mass is 9.74. The van der Waals surface area contributed by atoms with Gasteiger partial charge in [0.05, 0.1) is 8.07 Å². The molecule has 0 aromatic heterocycles. The van der Waals surface area contributed by atoms with E-state index in [4.69, 9.17) is 0 Å². The van der Waals surface area contributed by atoms with Gasteiger partial charge in [-0.2, -0.15) is 0 Å². The molecule has 0 nitrogen and oxygen atoms in total. The van der Waals surface area contributed by atoms with Crippen molar-refractivity contribution in [2.24, 2.45) is 11.3 Å². The molecule has 0 aromatic rings. The summed E-state index contributed by atoms with van der Waals surface area (Å²) in [7, 11) is -0.984. The molecule has 0 aromatic carbocycles. The summed E-state index contributed by atoms with van der Waals surface area (Å²) in [5.41, 5.74) is 0.501. The Labute approximate surface area is 90.8 Å². The Morgan fingerprint density at radius 1 is 1.21 bits per heavy atom. The van der Waals surface area contributed by atoms with E-state index >= 15 is 0 Å². The zero-order chi connectivity index (χ0) is 11.0. The van der Waals surface area contributed by atoms with E-state index in [1.54, 1.807) is 5.20 Å². The van der Waals surface area contributed by atoms with Gasteiger partial charge in [0.25, 0.3) is 0 Å². The van der Waals surface area contributed by atoms with Gasteiger partial charge in [0.1, 0.15) is 0 Å². The highest BCUT2D eigenvalue weighted by Gasteiger charge is 2.29. The van der Waals surface area contributed by atoms with Crippen LogP contribution in [0.15, 0.2) is 11.3 Å². The third-order valence-electron chi connectivity index (χ3n) is 3.60. The Bertz CT molecular complexity index is 225. The van der Waals surface area contributed by atoms with Crippen LogP contribution in [0.3, 0.4) is 0 Å². The van der Waals surface area contributed by atoms with Crippen LogP contribution in [0.2, 0.25) is 19.6 Å². The van der Waals surface area contributed by atoms with E-state index in [2.05, 4.69) is 46.5 Å². The van der Waals surface area contributed by atoms with Crippen LogP contribution in [-0.4, -0.2) is 8.07 Å². The predicted molar refractivity (Wildman–Crippen MR) is 68.2 cm³/mol. The van der Waals surface area contributed by atoms with Crippen LogP contribution in [-0.2, 0) is 0 Å². The molecule has 82 valence electrons. The standard InChI is InChI=1S/C13H26Si/c1-13(2,3)11-7-9-12(10-8-11)14(4,5)6/h9,11H,7-8,10H2,1-6H3/t11-/m1/s1. The minimum absolute atomic E-state index is 0.501. The molecular formula is C13H26Si. The van der Waals surface area contributed by atoms with Gasteiger partial charge >= 0.3 is 0 Å². The van der Waals surface area contributed by atoms with Crippen LogP contribution in [0.1, 0.15) is 40.0 Å². The van der Waals surface area contributed by atoms with Crippen LogP contribution in [0, 0.1) is 11.3 Å². The molecule has 0 unspecified atom stereocenters. The molecule has 0 saturated heterocycles. The maximum absolute atomic E-state index is 2.56. The maximum atomic E-state index is 2.56. The molecule has 0 saturated carbocycles. The maximum Gasteiger partial charge on any atom is 0.0720 e. The molecule has 0 spiro atoms. The summed E-state index contributed by atoms with van der Waals surface area (Å²) in [6, 6.07) is 0. The van der Waals surface area contributed by atoms with Gasteiger partial charge < -0.3 is 0 Å². The summed E-state index contributed by atoms with van der Waals surface area (Å²) in [6.45, 7) is 14.5. The van der Waals surface area contributed by atoms with Crippen molar-refractivity contribution in [1.29, 1.82) is 0 Å². The molecule has 0 amide bonds. The van der Waals surface area contributed by atoms with Crippen molar-refractivity contribution < 1.29 is 0 Å². The van der Waals surface area contributed by atoms with Gasteiger partial charge in [-0.3, -0.25) is 0 Å². The topological polar surface area (TPSA) is 0 Å². The highest BCUT2D eigenvalue weighted by Crippen LogP contribution is 2.38. The fourth-order valence-electron chi connectivity index (χ4n) is 2.30. The Morgan fingerprint density at radius 2 is 1.79 bits per heavy atom. The summed E-state index contributed by atoms with van der Waals surface area (Å²) >= 11 is 0. The first-order chi connectivity index (χ1) is 6.21. The average molecular weight is 210 g/mol. The number of hydrogen-bond acceptors (Lipinski definition) is 0. The predicted octanol–water partition coefficient (Wildman–Crippen LogP) is 4.64. The van der Waals surface area contributed by atoms with Crippen molar-refractivity contribution in [3.05, 3.63) is 11.3 Å². The molecule has 1 aliphatic rings. The second-order valence-electron chi connectivity index (χ2n) is 6.82. The van der Waals surface area contributed by atoms with Gasteiger partial charge in [0.2, 0.25) is 0 Å². The average Bonchev–Trinajstić information content (AvgIpc) is 2.01. The third-order valence-corrected chi connectivity index (χ3v) is 5.98. The first-order valence-electron chi connectivity index (χ1n) is 5.91. The first-order valence-corrected chi connectivity index (χ1v) is 9.41. The molecular weight excluding hydrogens is 184 g/mol. The zero-order valence-corrected chi connectivity index (χ0v) is 11.8. The van der Waals surface area contributed by atoms with E-state index < -0.39 is 8.07 Å². The minimum Gasteiger partial charge on any atom is -0.0889 e. The van der Waals surface area contributed by atoms with E-state index in [0.717, 1.165) is 5.92 Å². The Morgan fingerprint density at radius 3 is 2.07 bits per heavy atom. The van der Waals surface area contributed by atoms with Gasteiger partial charge in [-0.1, -0.05) is 51.7 Å². The normalized spacial score (nSPS) is 24.7. The van der Waals surface area contributed by atoms with Gasteiger partial charge in [-0.15, -0.1) is 0 Å². The van der Waals surface area contributed by atoms with Crippen LogP contribution in [0.25, 0.3) is 0 Å². The van der Waals surface area contributed by atoms with Gasteiger partial charge in [0.15, 0.2) is 0 Å². The quantitative estimate of drug-likeness (QED) is 0.553. The second kappa shape index (κ2) is 3.84. The lowest BCUT2D eigenvalue weighted by Crippen LogP contribution is -2.29.